The number of Topliss-reactive ketones (excluding diaryl/α,β-unsaturated/α-hetero) is 1. The van der Waals surface area contributed by atoms with Crippen molar-refractivity contribution in [3.05, 3.63) is 95.8 Å². The highest BCUT2D eigenvalue weighted by Gasteiger charge is 2.47. The van der Waals surface area contributed by atoms with Crippen molar-refractivity contribution >= 4 is 28.4 Å². The molecule has 0 spiro atoms. The average Bonchev–Trinajstić information content (AvgIpc) is 3.49. The number of H-pyrrole nitrogens is 1. The first-order chi connectivity index (χ1) is 14.6. The van der Waals surface area contributed by atoms with Crippen molar-refractivity contribution in [2.75, 3.05) is 0 Å². The van der Waals surface area contributed by atoms with E-state index < -0.39 is 17.7 Å². The zero-order valence-corrected chi connectivity index (χ0v) is 15.8. The van der Waals surface area contributed by atoms with E-state index in [0.29, 0.717) is 11.3 Å². The molecule has 30 heavy (non-hydrogen) atoms. The molecule has 4 aromatic rings. The molecule has 7 nitrogen and oxygen atoms in total. The second-order valence-electron chi connectivity index (χ2n) is 7.05. The summed E-state index contributed by atoms with van der Waals surface area (Å²) in [7, 11) is 0. The van der Waals surface area contributed by atoms with Gasteiger partial charge in [-0.1, -0.05) is 24.3 Å². The summed E-state index contributed by atoms with van der Waals surface area (Å²) in [6.07, 6.45) is 6.38. The van der Waals surface area contributed by atoms with E-state index in [0.717, 1.165) is 16.5 Å². The lowest BCUT2D eigenvalue weighted by Gasteiger charge is -2.23. The maximum absolute atomic E-state index is 13.0. The summed E-state index contributed by atoms with van der Waals surface area (Å²) in [6.45, 7) is 0.161. The predicted molar refractivity (Wildman–Crippen MR) is 109 cm³/mol. The lowest BCUT2D eigenvalue weighted by atomic mass is 9.99. The first kappa shape index (κ1) is 17.9. The number of nitrogens with one attached hydrogen (secondary N) is 1. The Morgan fingerprint density at radius 3 is 2.77 bits per heavy atom. The van der Waals surface area contributed by atoms with Gasteiger partial charge < -0.3 is 19.4 Å². The van der Waals surface area contributed by atoms with Gasteiger partial charge in [0.1, 0.15) is 17.6 Å². The van der Waals surface area contributed by atoms with Crippen LogP contribution in [0.25, 0.3) is 16.7 Å². The van der Waals surface area contributed by atoms with E-state index in [1.807, 2.05) is 30.3 Å². The van der Waals surface area contributed by atoms with Gasteiger partial charge in [0.15, 0.2) is 0 Å². The van der Waals surface area contributed by atoms with Crippen LogP contribution in [0.2, 0.25) is 0 Å². The molecule has 1 aromatic carbocycles. The Hall–Kier alpha value is -4.13. The van der Waals surface area contributed by atoms with E-state index >= 15 is 0 Å². The van der Waals surface area contributed by atoms with Crippen molar-refractivity contribution in [3.63, 3.8) is 0 Å². The predicted octanol–water partition coefficient (Wildman–Crippen LogP) is 3.78. The number of carbonyl (C=O) groups is 2. The van der Waals surface area contributed by atoms with Gasteiger partial charge in [-0.2, -0.15) is 0 Å². The van der Waals surface area contributed by atoms with Gasteiger partial charge in [0.2, 0.25) is 0 Å². The van der Waals surface area contributed by atoms with Gasteiger partial charge in [0.05, 0.1) is 11.8 Å². The third-order valence-electron chi connectivity index (χ3n) is 5.27. The van der Waals surface area contributed by atoms with E-state index in [9.17, 15) is 14.7 Å². The number of rotatable bonds is 4. The second kappa shape index (κ2) is 7.04. The summed E-state index contributed by atoms with van der Waals surface area (Å²) < 4.78 is 5.55. The number of aromatic nitrogens is 2. The second-order valence-corrected chi connectivity index (χ2v) is 7.05. The van der Waals surface area contributed by atoms with Crippen molar-refractivity contribution in [2.24, 2.45) is 0 Å². The molecule has 0 bridgehead atoms. The highest BCUT2D eigenvalue weighted by atomic mass is 16.3. The Morgan fingerprint density at radius 2 is 2.00 bits per heavy atom. The first-order valence-corrected chi connectivity index (χ1v) is 9.42. The van der Waals surface area contributed by atoms with Gasteiger partial charge >= 0.3 is 0 Å². The van der Waals surface area contributed by atoms with Gasteiger partial charge in [-0.25, -0.2) is 0 Å². The number of likely N-dealkylation sites (tertiary alicyclic amines) is 1. The molecule has 2 N–H and O–H groups in total. The number of aliphatic hydroxyl groups excluding tert-OH is 1. The monoisotopic (exact) mass is 399 g/mol. The minimum absolute atomic E-state index is 0.00333. The van der Waals surface area contributed by atoms with Crippen LogP contribution >= 0.6 is 0 Å². The number of amides is 1. The maximum atomic E-state index is 13.0. The van der Waals surface area contributed by atoms with Crippen molar-refractivity contribution in [3.8, 4) is 0 Å². The number of furan rings is 1. The van der Waals surface area contributed by atoms with Gasteiger partial charge in [0.25, 0.3) is 11.7 Å². The maximum Gasteiger partial charge on any atom is 0.296 e. The van der Waals surface area contributed by atoms with Crippen LogP contribution in [0.5, 0.6) is 0 Å². The van der Waals surface area contributed by atoms with Gasteiger partial charge in [-0.05, 0) is 29.8 Å². The molecule has 1 atom stereocenters. The summed E-state index contributed by atoms with van der Waals surface area (Å²) in [5, 5.41) is 11.9. The minimum atomic E-state index is -0.839. The largest absolute Gasteiger partial charge is 0.507 e. The molecule has 7 heteroatoms. The number of benzene rings is 1. The molecule has 1 fully saturated rings. The van der Waals surface area contributed by atoms with Crippen molar-refractivity contribution in [1.29, 1.82) is 0 Å². The third kappa shape index (κ3) is 2.79. The molecule has 0 radical (unpaired) electrons. The molecule has 0 aliphatic carbocycles. The molecule has 148 valence electrons. The lowest BCUT2D eigenvalue weighted by molar-refractivity contribution is -0.140. The minimum Gasteiger partial charge on any atom is -0.507 e. The Balaban J connectivity index is 1.67. The highest BCUT2D eigenvalue weighted by Crippen LogP contribution is 2.41. The van der Waals surface area contributed by atoms with E-state index in [1.54, 1.807) is 36.8 Å². The average molecular weight is 399 g/mol. The van der Waals surface area contributed by atoms with Crippen LogP contribution in [-0.2, 0) is 16.1 Å². The zero-order valence-electron chi connectivity index (χ0n) is 15.8. The number of aliphatic hydroxyl groups is 1. The molecule has 1 aliphatic heterocycles. The van der Waals surface area contributed by atoms with Crippen LogP contribution in [0.15, 0.2) is 83.4 Å². The number of nitrogens with zero attached hydrogens (tertiary/aromatic N) is 2. The number of pyridine rings is 1. The zero-order chi connectivity index (χ0) is 20.7. The van der Waals surface area contributed by atoms with Crippen molar-refractivity contribution in [1.82, 2.24) is 14.9 Å². The van der Waals surface area contributed by atoms with E-state index in [-0.39, 0.29) is 17.9 Å². The topological polar surface area (TPSA) is 99.4 Å². The molecule has 4 heterocycles. The Kier molecular flexibility index (Phi) is 4.21. The number of hydrogen-bond acceptors (Lipinski definition) is 5. The summed E-state index contributed by atoms with van der Waals surface area (Å²) >= 11 is 0. The van der Waals surface area contributed by atoms with E-state index in [2.05, 4.69) is 9.97 Å². The van der Waals surface area contributed by atoms with Crippen molar-refractivity contribution < 1.29 is 19.1 Å². The fourth-order valence-electron chi connectivity index (χ4n) is 3.89. The summed E-state index contributed by atoms with van der Waals surface area (Å²) in [4.78, 5) is 34.5. The van der Waals surface area contributed by atoms with Gasteiger partial charge in [0, 0.05) is 41.6 Å². The van der Waals surface area contributed by atoms with E-state index in [4.69, 9.17) is 4.42 Å². The Bertz CT molecular complexity index is 1270. The molecule has 3 aromatic heterocycles. The van der Waals surface area contributed by atoms with Gasteiger partial charge in [-0.15, -0.1) is 0 Å². The molecule has 0 saturated carbocycles. The number of fused-ring (bicyclic) bond motifs is 1. The molecule has 1 aliphatic rings. The summed E-state index contributed by atoms with van der Waals surface area (Å²) in [5.74, 6) is -1.27. The standard InChI is InChI=1S/C23H17N3O4/c27-21(16-12-25-17-7-2-1-6-15(16)17)19-20(18-8-4-10-30-18)26(23(29)22(19)28)13-14-5-3-9-24-11-14/h1-12,20,25,27H,13H2/b21-19-. The molecular formula is C23H17N3O4. The Labute approximate surface area is 171 Å². The molecule has 1 amide bonds. The van der Waals surface area contributed by atoms with Crippen LogP contribution in [0, 0.1) is 0 Å². The normalized spacial score (nSPS) is 18.4. The van der Waals surface area contributed by atoms with Crippen LogP contribution in [0.3, 0.4) is 0 Å². The Morgan fingerprint density at radius 1 is 1.13 bits per heavy atom. The third-order valence-corrected chi connectivity index (χ3v) is 5.27. The SMILES string of the molecule is O=C1C(=O)N(Cc2cccnc2)C(c2ccco2)/C1=C(/O)c1c[nH]c2ccccc12. The number of aromatic amines is 1. The van der Waals surface area contributed by atoms with Crippen LogP contribution in [0.1, 0.15) is 22.9 Å². The number of ketones is 1. The van der Waals surface area contributed by atoms with E-state index in [1.165, 1.54) is 11.2 Å². The molecular weight excluding hydrogens is 382 g/mol. The van der Waals surface area contributed by atoms with Crippen LogP contribution < -0.4 is 0 Å². The highest BCUT2D eigenvalue weighted by molar-refractivity contribution is 6.46. The van der Waals surface area contributed by atoms with Crippen LogP contribution in [-0.4, -0.2) is 31.7 Å². The molecule has 1 unspecified atom stereocenters. The van der Waals surface area contributed by atoms with Gasteiger partial charge in [-0.3, -0.25) is 14.6 Å². The number of carbonyl (C=O) groups excluding carboxylic acids is 2. The van der Waals surface area contributed by atoms with Crippen LogP contribution in [0.4, 0.5) is 0 Å². The molecule has 1 saturated heterocycles. The fourth-order valence-corrected chi connectivity index (χ4v) is 3.89. The lowest BCUT2D eigenvalue weighted by Crippen LogP contribution is -2.29. The quantitative estimate of drug-likeness (QED) is 0.309. The van der Waals surface area contributed by atoms with Crippen molar-refractivity contribution in [2.45, 2.75) is 12.6 Å². The first-order valence-electron chi connectivity index (χ1n) is 9.42. The summed E-state index contributed by atoms with van der Waals surface area (Å²) in [5.41, 5.74) is 2.05. The smallest absolute Gasteiger partial charge is 0.296 e. The fraction of sp³-hybridized carbons (Fsp3) is 0.0870. The summed E-state index contributed by atoms with van der Waals surface area (Å²) in [6, 6.07) is 13.6. The number of para-hydroxylation sites is 1. The number of hydrogen-bond donors (Lipinski definition) is 2. The molecule has 5 rings (SSSR count).